The second-order valence-electron chi connectivity index (χ2n) is 6.22. The first-order valence-corrected chi connectivity index (χ1v) is 9.97. The zero-order valence-corrected chi connectivity index (χ0v) is 16.9. The van der Waals surface area contributed by atoms with E-state index in [-0.39, 0.29) is 17.4 Å². The van der Waals surface area contributed by atoms with Crippen LogP contribution in [-0.4, -0.2) is 35.4 Å². The first kappa shape index (κ1) is 22.0. The molecule has 0 saturated carbocycles. The number of hydrogen-bond donors (Lipinski definition) is 2. The lowest BCUT2D eigenvalue weighted by atomic mass is 10.2. The van der Waals surface area contributed by atoms with E-state index in [0.29, 0.717) is 16.9 Å². The molecule has 0 radical (unpaired) electrons. The highest BCUT2D eigenvalue weighted by Crippen LogP contribution is 2.12. The lowest BCUT2D eigenvalue weighted by Crippen LogP contribution is -2.30. The number of thioether (sulfide) groups is 1. The molecule has 2 N–H and O–H groups in total. The van der Waals surface area contributed by atoms with Crippen LogP contribution in [0.4, 0.5) is 11.4 Å². The van der Waals surface area contributed by atoms with Gasteiger partial charge >= 0.3 is 5.97 Å². The molecular weight excluding hydrogens is 390 g/mol. The number of esters is 1. The average molecular weight is 411 g/mol. The van der Waals surface area contributed by atoms with Gasteiger partial charge in [-0.25, -0.2) is 0 Å². The van der Waals surface area contributed by atoms with E-state index in [4.69, 9.17) is 10.00 Å². The molecule has 2 amide bonds. The van der Waals surface area contributed by atoms with E-state index in [9.17, 15) is 14.4 Å². The highest BCUT2D eigenvalue weighted by atomic mass is 32.2. The molecule has 29 heavy (non-hydrogen) atoms. The van der Waals surface area contributed by atoms with Crippen molar-refractivity contribution in [1.82, 2.24) is 0 Å². The molecule has 150 valence electrons. The summed E-state index contributed by atoms with van der Waals surface area (Å²) in [5, 5.41) is 14.1. The third-order valence-corrected chi connectivity index (χ3v) is 4.62. The van der Waals surface area contributed by atoms with Crippen molar-refractivity contribution in [2.45, 2.75) is 20.0 Å². The molecule has 8 heteroatoms. The number of benzene rings is 2. The minimum atomic E-state index is -0.986. The summed E-state index contributed by atoms with van der Waals surface area (Å²) in [6, 6.07) is 15.7. The van der Waals surface area contributed by atoms with Crippen molar-refractivity contribution in [1.29, 1.82) is 5.26 Å². The van der Waals surface area contributed by atoms with E-state index in [1.54, 1.807) is 30.3 Å². The molecule has 0 aliphatic rings. The van der Waals surface area contributed by atoms with Crippen LogP contribution in [0.15, 0.2) is 48.5 Å². The van der Waals surface area contributed by atoms with Gasteiger partial charge in [0.1, 0.15) is 0 Å². The molecule has 0 unspecified atom stereocenters. The van der Waals surface area contributed by atoms with Crippen molar-refractivity contribution in [3.8, 4) is 6.07 Å². The van der Waals surface area contributed by atoms with Gasteiger partial charge in [-0.2, -0.15) is 5.26 Å². The summed E-state index contributed by atoms with van der Waals surface area (Å²) in [6.07, 6.45) is -0.986. The first-order valence-electron chi connectivity index (χ1n) is 8.82. The summed E-state index contributed by atoms with van der Waals surface area (Å²) in [5.74, 6) is -1.24. The largest absolute Gasteiger partial charge is 0.452 e. The van der Waals surface area contributed by atoms with Crippen LogP contribution in [-0.2, 0) is 19.1 Å². The van der Waals surface area contributed by atoms with Crippen molar-refractivity contribution in [3.63, 3.8) is 0 Å². The molecule has 0 heterocycles. The molecule has 0 spiro atoms. The monoisotopic (exact) mass is 411 g/mol. The fourth-order valence-corrected chi connectivity index (χ4v) is 2.90. The van der Waals surface area contributed by atoms with Crippen LogP contribution in [0.1, 0.15) is 18.1 Å². The zero-order chi connectivity index (χ0) is 21.2. The lowest BCUT2D eigenvalue weighted by Gasteiger charge is -2.13. The summed E-state index contributed by atoms with van der Waals surface area (Å²) in [6.45, 7) is 3.39. The second-order valence-corrected chi connectivity index (χ2v) is 7.21. The topological polar surface area (TPSA) is 108 Å². The lowest BCUT2D eigenvalue weighted by molar-refractivity contribution is -0.150. The Hall–Kier alpha value is -3.31. The molecular formula is C21H21N3O4S. The predicted octanol–water partition coefficient (Wildman–Crippen LogP) is 3.11. The Bertz CT molecular complexity index is 922. The van der Waals surface area contributed by atoms with Crippen molar-refractivity contribution in [3.05, 3.63) is 59.7 Å². The first-order chi connectivity index (χ1) is 13.9. The molecule has 1 atom stereocenters. The van der Waals surface area contributed by atoms with Crippen LogP contribution in [0.2, 0.25) is 0 Å². The van der Waals surface area contributed by atoms with Crippen LogP contribution in [0.3, 0.4) is 0 Å². The molecule has 0 aliphatic carbocycles. The maximum Gasteiger partial charge on any atom is 0.316 e. The molecule has 2 aromatic carbocycles. The fourth-order valence-electron chi connectivity index (χ4n) is 2.30. The van der Waals surface area contributed by atoms with Gasteiger partial charge in [-0.15, -0.1) is 11.8 Å². The number of nitrogens with zero attached hydrogens (tertiary/aromatic N) is 1. The van der Waals surface area contributed by atoms with Crippen molar-refractivity contribution >= 4 is 40.9 Å². The SMILES string of the molecule is Cc1cccc(NC(=O)CSCC(=O)O[C@H](C)C(=O)Nc2ccc(C#N)cc2)c1. The maximum absolute atomic E-state index is 12.1. The molecule has 0 aromatic heterocycles. The van der Waals surface area contributed by atoms with E-state index in [1.165, 1.54) is 6.92 Å². The highest BCUT2D eigenvalue weighted by Gasteiger charge is 2.18. The molecule has 0 fully saturated rings. The van der Waals surface area contributed by atoms with Gasteiger partial charge in [0.15, 0.2) is 6.10 Å². The summed E-state index contributed by atoms with van der Waals surface area (Å²) in [7, 11) is 0. The van der Waals surface area contributed by atoms with Gasteiger partial charge in [0.05, 0.1) is 23.1 Å². The number of carbonyl (C=O) groups excluding carboxylic acids is 3. The Balaban J connectivity index is 1.70. The quantitative estimate of drug-likeness (QED) is 0.646. The number of amides is 2. The second kappa shape index (κ2) is 10.9. The van der Waals surface area contributed by atoms with Crippen LogP contribution in [0, 0.1) is 18.3 Å². The van der Waals surface area contributed by atoms with Gasteiger partial charge in [-0.3, -0.25) is 14.4 Å². The Labute approximate surface area is 173 Å². The zero-order valence-electron chi connectivity index (χ0n) is 16.1. The Morgan fingerprint density at radius 1 is 1.07 bits per heavy atom. The number of nitriles is 1. The minimum absolute atomic E-state index is 0.0459. The Morgan fingerprint density at radius 2 is 1.79 bits per heavy atom. The standard InChI is InChI=1S/C21H21N3O4S/c1-14-4-3-5-18(10-14)23-19(25)12-29-13-20(26)28-15(2)21(27)24-17-8-6-16(11-22)7-9-17/h3-10,15H,12-13H2,1-2H3,(H,23,25)(H,24,27)/t15-/m1/s1. The molecule has 0 bridgehead atoms. The number of carbonyl (C=O) groups is 3. The van der Waals surface area contributed by atoms with Gasteiger partial charge in [0.25, 0.3) is 5.91 Å². The van der Waals surface area contributed by atoms with Crippen molar-refractivity contribution < 1.29 is 19.1 Å². The Kier molecular flexibility index (Phi) is 8.25. The third-order valence-electron chi connectivity index (χ3n) is 3.71. The normalized spacial score (nSPS) is 11.1. The summed E-state index contributed by atoms with van der Waals surface area (Å²) >= 11 is 1.11. The number of anilines is 2. The molecule has 2 aromatic rings. The van der Waals surface area contributed by atoms with Gasteiger partial charge in [-0.1, -0.05) is 12.1 Å². The van der Waals surface area contributed by atoms with E-state index in [1.807, 2.05) is 31.2 Å². The molecule has 0 saturated heterocycles. The predicted molar refractivity (Wildman–Crippen MR) is 112 cm³/mol. The number of ether oxygens (including phenoxy) is 1. The van der Waals surface area contributed by atoms with E-state index < -0.39 is 18.0 Å². The van der Waals surface area contributed by atoms with Crippen LogP contribution in [0.5, 0.6) is 0 Å². The van der Waals surface area contributed by atoms with Gasteiger partial charge < -0.3 is 15.4 Å². The van der Waals surface area contributed by atoms with Gasteiger partial charge in [0, 0.05) is 11.4 Å². The fraction of sp³-hybridized carbons (Fsp3) is 0.238. The summed E-state index contributed by atoms with van der Waals surface area (Å²) in [4.78, 5) is 35.9. The van der Waals surface area contributed by atoms with Crippen molar-refractivity contribution in [2.24, 2.45) is 0 Å². The molecule has 7 nitrogen and oxygen atoms in total. The number of rotatable bonds is 8. The van der Waals surface area contributed by atoms with Crippen LogP contribution in [0.25, 0.3) is 0 Å². The van der Waals surface area contributed by atoms with Gasteiger partial charge in [-0.05, 0) is 55.8 Å². The summed E-state index contributed by atoms with van der Waals surface area (Å²) < 4.78 is 5.09. The molecule has 2 rings (SSSR count). The number of nitrogens with one attached hydrogen (secondary N) is 2. The number of aryl methyl sites for hydroxylation is 1. The maximum atomic E-state index is 12.1. The van der Waals surface area contributed by atoms with E-state index >= 15 is 0 Å². The number of hydrogen-bond acceptors (Lipinski definition) is 6. The van der Waals surface area contributed by atoms with E-state index in [2.05, 4.69) is 10.6 Å². The van der Waals surface area contributed by atoms with E-state index in [0.717, 1.165) is 17.3 Å². The Morgan fingerprint density at radius 3 is 2.45 bits per heavy atom. The van der Waals surface area contributed by atoms with Crippen LogP contribution >= 0.6 is 11.8 Å². The molecule has 0 aliphatic heterocycles. The van der Waals surface area contributed by atoms with Gasteiger partial charge in [0.2, 0.25) is 5.91 Å². The third kappa shape index (κ3) is 7.68. The van der Waals surface area contributed by atoms with Crippen molar-refractivity contribution in [2.75, 3.05) is 22.1 Å². The smallest absolute Gasteiger partial charge is 0.316 e. The minimum Gasteiger partial charge on any atom is -0.452 e. The summed E-state index contributed by atoms with van der Waals surface area (Å²) in [5.41, 5.74) is 2.71. The highest BCUT2D eigenvalue weighted by molar-refractivity contribution is 8.00. The van der Waals surface area contributed by atoms with Crippen LogP contribution < -0.4 is 10.6 Å². The average Bonchev–Trinajstić information content (AvgIpc) is 2.68.